The van der Waals surface area contributed by atoms with Gasteiger partial charge in [0, 0.05) is 48.9 Å². The van der Waals surface area contributed by atoms with Crippen LogP contribution in [0.15, 0.2) is 95.5 Å². The van der Waals surface area contributed by atoms with Gasteiger partial charge in [0.15, 0.2) is 17.3 Å². The van der Waals surface area contributed by atoms with Gasteiger partial charge in [-0.2, -0.15) is 0 Å². The molecule has 1 fully saturated rings. The summed E-state index contributed by atoms with van der Waals surface area (Å²) in [6.45, 7) is 3.35. The molecule has 4 aromatic rings. The molecule has 2 unspecified atom stereocenters. The first-order valence-electron chi connectivity index (χ1n) is 12.7. The molecule has 0 N–H and O–H groups in total. The van der Waals surface area contributed by atoms with Gasteiger partial charge < -0.3 is 13.8 Å². The lowest BCUT2D eigenvalue weighted by molar-refractivity contribution is -0.110. The molecule has 1 aromatic heterocycles. The summed E-state index contributed by atoms with van der Waals surface area (Å²) in [5.41, 5.74) is 3.51. The lowest BCUT2D eigenvalue weighted by Gasteiger charge is -2.38. The lowest BCUT2D eigenvalue weighted by Crippen LogP contribution is -2.53. The highest BCUT2D eigenvalue weighted by molar-refractivity contribution is 7.93. The van der Waals surface area contributed by atoms with Crippen LogP contribution in [0, 0.1) is 0 Å². The van der Waals surface area contributed by atoms with Crippen LogP contribution < -0.4 is 4.74 Å². The van der Waals surface area contributed by atoms with Gasteiger partial charge in [0.1, 0.15) is 11.4 Å². The predicted molar refractivity (Wildman–Crippen MR) is 148 cm³/mol. The highest BCUT2D eigenvalue weighted by atomic mass is 32.2. The zero-order chi connectivity index (χ0) is 26.3. The number of aromatic nitrogens is 1. The van der Waals surface area contributed by atoms with E-state index in [9.17, 15) is 9.35 Å². The highest BCUT2D eigenvalue weighted by Crippen LogP contribution is 2.34. The van der Waals surface area contributed by atoms with Gasteiger partial charge in [-0.25, -0.2) is 4.90 Å². The molecule has 8 heteroatoms. The molecule has 0 bridgehead atoms. The van der Waals surface area contributed by atoms with Crippen LogP contribution in [-0.2, 0) is 22.5 Å². The second-order valence-corrected chi connectivity index (χ2v) is 10.9. The molecule has 1 aliphatic heterocycles. The van der Waals surface area contributed by atoms with E-state index in [0.29, 0.717) is 19.6 Å². The van der Waals surface area contributed by atoms with Crippen molar-refractivity contribution >= 4 is 17.5 Å². The Labute approximate surface area is 226 Å². The number of carbonyl (C=O) groups is 1. The van der Waals surface area contributed by atoms with E-state index in [1.165, 1.54) is 0 Å². The van der Waals surface area contributed by atoms with Crippen LogP contribution in [0.25, 0.3) is 11.3 Å². The van der Waals surface area contributed by atoms with E-state index < -0.39 is 16.5 Å². The number of hydrogen-bond acceptors (Lipinski definition) is 7. The predicted octanol–water partition coefficient (Wildman–Crippen LogP) is 4.53. The molecule has 1 aliphatic rings. The summed E-state index contributed by atoms with van der Waals surface area (Å²) in [6, 6.07) is 29.2. The molecular formula is C30H31N3O4S. The van der Waals surface area contributed by atoms with Crippen molar-refractivity contribution in [2.45, 2.75) is 17.2 Å². The Morgan fingerprint density at radius 3 is 2.16 bits per heavy atom. The fourth-order valence-corrected chi connectivity index (χ4v) is 6.65. The Kier molecular flexibility index (Phi) is 8.55. The number of para-hydroxylation sites is 1. The third-order valence-electron chi connectivity index (χ3n) is 6.88. The van der Waals surface area contributed by atoms with E-state index in [-0.39, 0.29) is 5.25 Å². The van der Waals surface area contributed by atoms with Crippen molar-refractivity contribution < 1.29 is 18.6 Å². The van der Waals surface area contributed by atoms with Gasteiger partial charge in [-0.05, 0) is 23.3 Å². The van der Waals surface area contributed by atoms with Crippen LogP contribution in [0.1, 0.15) is 22.1 Å². The normalized spacial score (nSPS) is 16.3. The Hall–Kier alpha value is -3.43. The Morgan fingerprint density at radius 1 is 0.947 bits per heavy atom. The molecule has 0 spiro atoms. The lowest BCUT2D eigenvalue weighted by atomic mass is 10.0. The third kappa shape index (κ3) is 5.84. The molecule has 196 valence electrons. The van der Waals surface area contributed by atoms with Gasteiger partial charge >= 0.3 is 0 Å². The largest absolute Gasteiger partial charge is 0.614 e. The average molecular weight is 530 g/mol. The minimum Gasteiger partial charge on any atom is -0.614 e. The quantitative estimate of drug-likeness (QED) is 0.221. The molecule has 3 aromatic carbocycles. The molecule has 0 aliphatic carbocycles. The first-order chi connectivity index (χ1) is 18.7. The van der Waals surface area contributed by atoms with Gasteiger partial charge in [-0.3, -0.25) is 9.69 Å². The zero-order valence-corrected chi connectivity index (χ0v) is 22.1. The zero-order valence-electron chi connectivity index (χ0n) is 21.3. The standard InChI is InChI=1S/C30H31N3O4S/c1-36-28-15-9-8-14-26(28)27-20-25(37-31-27)21-32-16-18-33(19-17-32)29(22-34)38(35)30(23-10-4-2-5-11-23)24-12-6-3-7-13-24/h2-15,20,22,29-30H,16-19,21H2,1H3. The Bertz CT molecular complexity index is 1270. The van der Waals surface area contributed by atoms with Crippen molar-refractivity contribution in [3.05, 3.63) is 108 Å². The number of methoxy groups -OCH3 is 1. The Balaban J connectivity index is 1.24. The van der Waals surface area contributed by atoms with E-state index >= 15 is 0 Å². The van der Waals surface area contributed by atoms with Crippen molar-refractivity contribution in [3.63, 3.8) is 0 Å². The maximum absolute atomic E-state index is 13.9. The summed E-state index contributed by atoms with van der Waals surface area (Å²) < 4.78 is 25.0. The molecule has 2 atom stereocenters. The minimum atomic E-state index is -1.47. The number of nitrogens with zero attached hydrogens (tertiary/aromatic N) is 3. The maximum atomic E-state index is 13.9. The van der Waals surface area contributed by atoms with Crippen molar-refractivity contribution in [2.24, 2.45) is 0 Å². The molecule has 2 heterocycles. The van der Waals surface area contributed by atoms with Crippen LogP contribution in [-0.4, -0.2) is 64.5 Å². The van der Waals surface area contributed by atoms with Gasteiger partial charge in [-0.15, -0.1) is 0 Å². The second kappa shape index (κ2) is 12.4. The van der Waals surface area contributed by atoms with E-state index in [2.05, 4.69) is 10.1 Å². The van der Waals surface area contributed by atoms with Crippen molar-refractivity contribution in [2.75, 3.05) is 33.3 Å². The van der Waals surface area contributed by atoms with Crippen molar-refractivity contribution in [1.82, 2.24) is 15.0 Å². The summed E-state index contributed by atoms with van der Waals surface area (Å²) in [5.74, 6) is 1.52. The van der Waals surface area contributed by atoms with E-state index in [0.717, 1.165) is 53.3 Å². The van der Waals surface area contributed by atoms with Gasteiger partial charge in [0.25, 0.3) is 0 Å². The smallest absolute Gasteiger partial charge is 0.226 e. The van der Waals surface area contributed by atoms with Crippen LogP contribution in [0.2, 0.25) is 0 Å². The van der Waals surface area contributed by atoms with Crippen LogP contribution >= 0.6 is 0 Å². The third-order valence-corrected chi connectivity index (χ3v) is 8.77. The minimum absolute atomic E-state index is 0.381. The fourth-order valence-electron chi connectivity index (χ4n) is 4.91. The fraction of sp³-hybridized carbons (Fsp3) is 0.267. The first-order valence-corrected chi connectivity index (χ1v) is 14.0. The number of benzene rings is 3. The number of ether oxygens (including phenoxy) is 1. The number of aldehydes is 1. The molecule has 7 nitrogen and oxygen atoms in total. The molecule has 1 saturated heterocycles. The SMILES string of the molecule is COc1ccccc1-c1cc(CN2CCN(C(C=O)[S+]([O-])C(c3ccccc3)c3ccccc3)CC2)on1. The summed E-state index contributed by atoms with van der Waals surface area (Å²) in [5, 5.41) is 3.17. The maximum Gasteiger partial charge on any atom is 0.226 e. The molecule has 0 saturated carbocycles. The van der Waals surface area contributed by atoms with Gasteiger partial charge in [0.05, 0.1) is 13.7 Å². The Morgan fingerprint density at radius 2 is 1.55 bits per heavy atom. The molecule has 5 rings (SSSR count). The number of piperazine rings is 1. The topological polar surface area (TPSA) is 81.9 Å². The van der Waals surface area contributed by atoms with E-state index in [1.54, 1.807) is 7.11 Å². The highest BCUT2D eigenvalue weighted by Gasteiger charge is 2.38. The van der Waals surface area contributed by atoms with Crippen LogP contribution in [0.4, 0.5) is 0 Å². The monoisotopic (exact) mass is 529 g/mol. The molecular weight excluding hydrogens is 498 g/mol. The van der Waals surface area contributed by atoms with Gasteiger partial charge in [0.2, 0.25) is 5.37 Å². The average Bonchev–Trinajstić information content (AvgIpc) is 3.44. The number of hydrogen-bond donors (Lipinski definition) is 0. The number of rotatable bonds is 10. The number of carbonyl (C=O) groups excluding carboxylic acids is 1. The van der Waals surface area contributed by atoms with E-state index in [1.807, 2.05) is 95.9 Å². The summed E-state index contributed by atoms with van der Waals surface area (Å²) >= 11 is -1.47. The van der Waals surface area contributed by atoms with Crippen LogP contribution in [0.5, 0.6) is 5.75 Å². The van der Waals surface area contributed by atoms with E-state index in [4.69, 9.17) is 9.26 Å². The van der Waals surface area contributed by atoms with Gasteiger partial charge in [-0.1, -0.05) is 78.0 Å². The van der Waals surface area contributed by atoms with Crippen LogP contribution in [0.3, 0.4) is 0 Å². The molecule has 38 heavy (non-hydrogen) atoms. The molecule has 0 amide bonds. The molecule has 0 radical (unpaired) electrons. The van der Waals surface area contributed by atoms with Crippen molar-refractivity contribution in [3.8, 4) is 17.0 Å². The first kappa shape index (κ1) is 26.2. The second-order valence-electron chi connectivity index (χ2n) is 9.25. The summed E-state index contributed by atoms with van der Waals surface area (Å²) in [7, 11) is 1.64. The van der Waals surface area contributed by atoms with Crippen molar-refractivity contribution in [1.29, 1.82) is 0 Å². The summed E-state index contributed by atoms with van der Waals surface area (Å²) in [4.78, 5) is 16.6. The summed E-state index contributed by atoms with van der Waals surface area (Å²) in [6.07, 6.45) is 0.848.